The predicted molar refractivity (Wildman–Crippen MR) is 95.5 cm³/mol. The van der Waals surface area contributed by atoms with Gasteiger partial charge in [0, 0.05) is 6.42 Å². The van der Waals surface area contributed by atoms with Crippen LogP contribution in [0.25, 0.3) is 0 Å². The molecule has 2 atom stereocenters. The van der Waals surface area contributed by atoms with Crippen LogP contribution in [-0.4, -0.2) is 40.5 Å². The number of amides is 2. The Hall–Kier alpha value is -3.39. The number of nitrogens with one attached hydrogen (secondary N) is 2. The Bertz CT molecular complexity index is 766. The molecule has 2 rings (SSSR count). The monoisotopic (exact) mass is 372 g/mol. The van der Waals surface area contributed by atoms with Gasteiger partial charge in [0.2, 0.25) is 12.1 Å². The lowest BCUT2D eigenvalue weighted by atomic mass is 10.1. The zero-order valence-corrected chi connectivity index (χ0v) is 14.4. The number of carboxylic acid groups (broad SMARTS) is 1. The van der Waals surface area contributed by atoms with E-state index in [0.717, 1.165) is 11.1 Å². The summed E-state index contributed by atoms with van der Waals surface area (Å²) in [5, 5.41) is 22.4. The molecular formula is C19H20N2O6. The summed E-state index contributed by atoms with van der Waals surface area (Å²) >= 11 is 0. The fourth-order valence-corrected chi connectivity index (χ4v) is 2.26. The first kappa shape index (κ1) is 19.9. The van der Waals surface area contributed by atoms with E-state index < -0.39 is 30.2 Å². The Morgan fingerprint density at radius 2 is 1.44 bits per heavy atom. The number of hydrogen-bond donors (Lipinski definition) is 4. The van der Waals surface area contributed by atoms with Gasteiger partial charge in [-0.15, -0.1) is 0 Å². The maximum Gasteiger partial charge on any atom is 0.408 e. The molecule has 0 spiro atoms. The van der Waals surface area contributed by atoms with Crippen molar-refractivity contribution in [2.45, 2.75) is 25.3 Å². The average Bonchev–Trinajstić information content (AvgIpc) is 2.67. The van der Waals surface area contributed by atoms with Crippen LogP contribution < -0.4 is 10.6 Å². The summed E-state index contributed by atoms with van der Waals surface area (Å²) in [5.74, 6) is -2.45. The highest BCUT2D eigenvalue weighted by atomic mass is 16.5. The largest absolute Gasteiger partial charge is 0.478 e. The van der Waals surface area contributed by atoms with Crippen molar-refractivity contribution in [2.24, 2.45) is 0 Å². The molecule has 0 aromatic heterocycles. The van der Waals surface area contributed by atoms with Crippen LogP contribution in [0.5, 0.6) is 0 Å². The summed E-state index contributed by atoms with van der Waals surface area (Å²) in [7, 11) is 0. The van der Waals surface area contributed by atoms with Crippen LogP contribution in [0.4, 0.5) is 4.79 Å². The van der Waals surface area contributed by atoms with Crippen LogP contribution in [0.15, 0.2) is 60.7 Å². The number of aliphatic carboxylic acids is 1. The Morgan fingerprint density at radius 3 is 2.00 bits per heavy atom. The molecule has 2 aromatic rings. The number of ether oxygens (including phenoxy) is 1. The molecule has 0 bridgehead atoms. The number of hydrogen-bond acceptors (Lipinski definition) is 5. The molecule has 0 aliphatic carbocycles. The summed E-state index contributed by atoms with van der Waals surface area (Å²) in [6.45, 7) is 0.0180. The van der Waals surface area contributed by atoms with Crippen LogP contribution in [0.1, 0.15) is 11.1 Å². The van der Waals surface area contributed by atoms with Gasteiger partial charge in [-0.2, -0.15) is 0 Å². The van der Waals surface area contributed by atoms with E-state index in [4.69, 9.17) is 9.84 Å². The lowest BCUT2D eigenvalue weighted by molar-refractivity contribution is -0.151. The fraction of sp³-hybridized carbons (Fsp3) is 0.211. The molecule has 1 unspecified atom stereocenters. The van der Waals surface area contributed by atoms with Crippen molar-refractivity contribution >= 4 is 18.0 Å². The molecule has 142 valence electrons. The number of benzene rings is 2. The zero-order chi connectivity index (χ0) is 19.6. The second-order valence-electron chi connectivity index (χ2n) is 5.70. The van der Waals surface area contributed by atoms with Gasteiger partial charge in [0.1, 0.15) is 12.6 Å². The summed E-state index contributed by atoms with van der Waals surface area (Å²) in [4.78, 5) is 35.0. The maximum atomic E-state index is 12.3. The highest BCUT2D eigenvalue weighted by Gasteiger charge is 2.26. The number of rotatable bonds is 8. The van der Waals surface area contributed by atoms with Crippen LogP contribution in [0.2, 0.25) is 0 Å². The number of carbonyl (C=O) groups is 3. The third-order valence-electron chi connectivity index (χ3n) is 3.62. The van der Waals surface area contributed by atoms with Gasteiger partial charge in [0.05, 0.1) is 0 Å². The summed E-state index contributed by atoms with van der Waals surface area (Å²) < 4.78 is 5.09. The van der Waals surface area contributed by atoms with Gasteiger partial charge < -0.3 is 25.6 Å². The number of aliphatic hydroxyl groups is 1. The predicted octanol–water partition coefficient (Wildman–Crippen LogP) is 1.04. The molecule has 2 aromatic carbocycles. The minimum absolute atomic E-state index is 0.0180. The molecule has 0 fully saturated rings. The Morgan fingerprint density at radius 1 is 0.889 bits per heavy atom. The van der Waals surface area contributed by atoms with Crippen molar-refractivity contribution in [3.63, 3.8) is 0 Å². The highest BCUT2D eigenvalue weighted by Crippen LogP contribution is 2.05. The first-order valence-electron chi connectivity index (χ1n) is 8.18. The first-order valence-corrected chi connectivity index (χ1v) is 8.18. The summed E-state index contributed by atoms with van der Waals surface area (Å²) in [6, 6.07) is 16.7. The van der Waals surface area contributed by atoms with E-state index in [2.05, 4.69) is 5.32 Å². The van der Waals surface area contributed by atoms with Gasteiger partial charge in [-0.3, -0.25) is 4.79 Å². The van der Waals surface area contributed by atoms with E-state index in [-0.39, 0.29) is 13.0 Å². The summed E-state index contributed by atoms with van der Waals surface area (Å²) in [5.41, 5.74) is 1.52. The topological polar surface area (TPSA) is 125 Å². The number of carbonyl (C=O) groups excluding carboxylic acids is 2. The van der Waals surface area contributed by atoms with Gasteiger partial charge >= 0.3 is 12.1 Å². The first-order chi connectivity index (χ1) is 13.0. The molecule has 0 saturated heterocycles. The van der Waals surface area contributed by atoms with Crippen LogP contribution in [-0.2, 0) is 27.4 Å². The molecule has 0 aliphatic heterocycles. The van der Waals surface area contributed by atoms with Gasteiger partial charge in [-0.05, 0) is 11.1 Å². The minimum Gasteiger partial charge on any atom is -0.478 e. The molecule has 0 heterocycles. The van der Waals surface area contributed by atoms with Crippen LogP contribution in [0, 0.1) is 0 Å². The third-order valence-corrected chi connectivity index (χ3v) is 3.62. The number of alkyl carbamates (subject to hydrolysis) is 1. The number of aliphatic hydroxyl groups excluding tert-OH is 1. The van der Waals surface area contributed by atoms with Gasteiger partial charge in [-0.25, -0.2) is 9.59 Å². The van der Waals surface area contributed by atoms with E-state index in [0.29, 0.717) is 0 Å². The smallest absolute Gasteiger partial charge is 0.408 e. The maximum absolute atomic E-state index is 12.3. The SMILES string of the molecule is O=C(N[C@@H](Cc1ccccc1)C(=O)NC(O)C(=O)O)OCc1ccccc1. The Labute approximate surface area is 155 Å². The standard InChI is InChI=1S/C19H20N2O6/c22-16(21-17(23)18(24)25)15(11-13-7-3-1-4-8-13)20-19(26)27-12-14-9-5-2-6-10-14/h1-10,15,17,23H,11-12H2,(H,20,26)(H,21,22)(H,24,25)/t15-,17?/m0/s1. The van der Waals surface area contributed by atoms with Crippen molar-refractivity contribution < 1.29 is 29.3 Å². The minimum atomic E-state index is -2.07. The lowest BCUT2D eigenvalue weighted by Gasteiger charge is -2.19. The number of carboxylic acids is 1. The van der Waals surface area contributed by atoms with Crippen LogP contribution in [0.3, 0.4) is 0 Å². The molecule has 0 radical (unpaired) electrons. The third kappa shape index (κ3) is 6.79. The van der Waals surface area contributed by atoms with E-state index in [9.17, 15) is 19.5 Å². The molecule has 8 heteroatoms. The van der Waals surface area contributed by atoms with Crippen molar-refractivity contribution in [3.05, 3.63) is 71.8 Å². The van der Waals surface area contributed by atoms with E-state index >= 15 is 0 Å². The average molecular weight is 372 g/mol. The second-order valence-corrected chi connectivity index (χ2v) is 5.70. The van der Waals surface area contributed by atoms with Crippen molar-refractivity contribution in [1.29, 1.82) is 0 Å². The van der Waals surface area contributed by atoms with E-state index in [1.165, 1.54) is 0 Å². The molecule has 27 heavy (non-hydrogen) atoms. The normalized spacial score (nSPS) is 12.5. The zero-order valence-electron chi connectivity index (χ0n) is 14.4. The summed E-state index contributed by atoms with van der Waals surface area (Å²) in [6.07, 6.45) is -2.81. The quantitative estimate of drug-likeness (QED) is 0.513. The Balaban J connectivity index is 2.00. The van der Waals surface area contributed by atoms with Crippen molar-refractivity contribution in [3.8, 4) is 0 Å². The fourth-order valence-electron chi connectivity index (χ4n) is 2.26. The second kappa shape index (κ2) is 9.93. The van der Waals surface area contributed by atoms with Crippen molar-refractivity contribution in [1.82, 2.24) is 10.6 Å². The Kier molecular flexibility index (Phi) is 7.33. The highest BCUT2D eigenvalue weighted by molar-refractivity contribution is 5.88. The van der Waals surface area contributed by atoms with Crippen LogP contribution >= 0.6 is 0 Å². The van der Waals surface area contributed by atoms with Gasteiger partial charge in [0.15, 0.2) is 0 Å². The lowest BCUT2D eigenvalue weighted by Crippen LogP contribution is -2.52. The molecule has 0 saturated carbocycles. The van der Waals surface area contributed by atoms with E-state index in [1.807, 2.05) is 11.4 Å². The molecule has 2 amide bonds. The molecule has 8 nitrogen and oxygen atoms in total. The van der Waals surface area contributed by atoms with Gasteiger partial charge in [-0.1, -0.05) is 60.7 Å². The van der Waals surface area contributed by atoms with E-state index in [1.54, 1.807) is 54.6 Å². The van der Waals surface area contributed by atoms with Gasteiger partial charge in [0.25, 0.3) is 0 Å². The molecule has 0 aliphatic rings. The molecular weight excluding hydrogens is 352 g/mol. The van der Waals surface area contributed by atoms with Crippen molar-refractivity contribution in [2.75, 3.05) is 0 Å². The molecule has 4 N–H and O–H groups in total.